The molecule has 2 rings (SSSR count). The Balaban J connectivity index is 2.39. The van der Waals surface area contributed by atoms with E-state index in [2.05, 4.69) is 4.98 Å². The minimum absolute atomic E-state index is 0.329. The van der Waals surface area contributed by atoms with Crippen LogP contribution in [0.15, 0.2) is 42.7 Å². The van der Waals surface area contributed by atoms with Crippen LogP contribution in [0.4, 0.5) is 8.78 Å². The van der Waals surface area contributed by atoms with E-state index in [4.69, 9.17) is 5.73 Å². The van der Waals surface area contributed by atoms with Crippen molar-refractivity contribution >= 4 is 0 Å². The summed E-state index contributed by atoms with van der Waals surface area (Å²) in [5.41, 5.74) is 6.62. The Morgan fingerprint density at radius 2 is 1.88 bits per heavy atom. The van der Waals surface area contributed by atoms with Crippen molar-refractivity contribution in [3.8, 4) is 0 Å². The van der Waals surface area contributed by atoms with Crippen molar-refractivity contribution < 1.29 is 8.78 Å². The van der Waals surface area contributed by atoms with Gasteiger partial charge in [-0.05, 0) is 17.7 Å². The van der Waals surface area contributed by atoms with Crippen molar-refractivity contribution in [3.63, 3.8) is 0 Å². The second kappa shape index (κ2) is 4.37. The Morgan fingerprint density at radius 1 is 1.12 bits per heavy atom. The van der Waals surface area contributed by atoms with Crippen LogP contribution in [-0.2, 0) is 0 Å². The van der Waals surface area contributed by atoms with Crippen LogP contribution in [0.2, 0.25) is 0 Å². The molecule has 82 valence electrons. The smallest absolute Gasteiger partial charge is 0.141 e. The summed E-state index contributed by atoms with van der Waals surface area (Å²) in [5.74, 6) is -0.886. The summed E-state index contributed by atoms with van der Waals surface area (Å²) in [6.45, 7) is 0. The van der Waals surface area contributed by atoms with Crippen molar-refractivity contribution in [1.29, 1.82) is 0 Å². The van der Waals surface area contributed by atoms with Gasteiger partial charge in [0.2, 0.25) is 0 Å². The summed E-state index contributed by atoms with van der Waals surface area (Å²) in [5, 5.41) is 0. The maximum absolute atomic E-state index is 13.4. The summed E-state index contributed by atoms with van der Waals surface area (Å²) in [6.07, 6.45) is 2.51. The number of halogens is 2. The fraction of sp³-hybridized carbons (Fsp3) is 0.0833. The summed E-state index contributed by atoms with van der Waals surface area (Å²) in [4.78, 5) is 3.68. The quantitative estimate of drug-likeness (QED) is 0.844. The molecule has 2 nitrogen and oxygen atoms in total. The van der Waals surface area contributed by atoms with E-state index in [1.807, 2.05) is 0 Å². The lowest BCUT2D eigenvalue weighted by molar-refractivity contribution is 0.593. The molecule has 0 amide bonds. The molecular weight excluding hydrogens is 210 g/mol. The summed E-state index contributed by atoms with van der Waals surface area (Å²) in [7, 11) is 0. The highest BCUT2D eigenvalue weighted by molar-refractivity contribution is 5.30. The normalized spacial score (nSPS) is 12.4. The second-order valence-corrected chi connectivity index (χ2v) is 3.44. The first kappa shape index (κ1) is 10.7. The Morgan fingerprint density at radius 3 is 2.56 bits per heavy atom. The molecule has 0 bridgehead atoms. The second-order valence-electron chi connectivity index (χ2n) is 3.44. The lowest BCUT2D eigenvalue weighted by Gasteiger charge is -2.12. The number of aromatic nitrogens is 1. The molecule has 1 atom stereocenters. The number of benzene rings is 1. The highest BCUT2D eigenvalue weighted by Gasteiger charge is 2.13. The molecule has 2 N–H and O–H groups in total. The van der Waals surface area contributed by atoms with E-state index in [1.165, 1.54) is 18.3 Å². The predicted octanol–water partition coefficient (Wildman–Crippen LogP) is 2.41. The van der Waals surface area contributed by atoms with Gasteiger partial charge >= 0.3 is 0 Å². The van der Waals surface area contributed by atoms with Crippen molar-refractivity contribution in [2.45, 2.75) is 6.04 Å². The molecule has 2 aromatic rings. The van der Waals surface area contributed by atoms with Crippen molar-refractivity contribution in [2.75, 3.05) is 0 Å². The summed E-state index contributed by atoms with van der Waals surface area (Å²) in [6, 6.07) is 6.71. The van der Waals surface area contributed by atoms with Crippen LogP contribution in [0.3, 0.4) is 0 Å². The van der Waals surface area contributed by atoms with E-state index in [1.54, 1.807) is 18.2 Å². The maximum atomic E-state index is 13.4. The zero-order chi connectivity index (χ0) is 11.5. The van der Waals surface area contributed by atoms with E-state index >= 15 is 0 Å². The largest absolute Gasteiger partial charge is 0.320 e. The molecule has 0 aliphatic carbocycles. The number of rotatable bonds is 2. The highest BCUT2D eigenvalue weighted by atomic mass is 19.1. The third kappa shape index (κ3) is 2.06. The molecule has 16 heavy (non-hydrogen) atoms. The van der Waals surface area contributed by atoms with Crippen LogP contribution in [-0.4, -0.2) is 4.98 Å². The predicted molar refractivity (Wildman–Crippen MR) is 56.6 cm³/mol. The molecule has 0 aliphatic rings. The van der Waals surface area contributed by atoms with Crippen LogP contribution < -0.4 is 5.73 Å². The van der Waals surface area contributed by atoms with Crippen molar-refractivity contribution in [3.05, 3.63) is 65.5 Å². The number of nitrogens with zero attached hydrogens (tertiary/aromatic N) is 1. The van der Waals surface area contributed by atoms with E-state index in [-0.39, 0.29) is 0 Å². The fourth-order valence-electron chi connectivity index (χ4n) is 1.51. The van der Waals surface area contributed by atoms with Gasteiger partial charge in [0.15, 0.2) is 0 Å². The van der Waals surface area contributed by atoms with Gasteiger partial charge in [-0.1, -0.05) is 18.2 Å². The lowest BCUT2D eigenvalue weighted by atomic mass is 10.0. The molecule has 1 heterocycles. The first-order valence-electron chi connectivity index (χ1n) is 4.79. The summed E-state index contributed by atoms with van der Waals surface area (Å²) < 4.78 is 26.4. The molecule has 1 aromatic heterocycles. The third-order valence-corrected chi connectivity index (χ3v) is 2.33. The van der Waals surface area contributed by atoms with Crippen molar-refractivity contribution in [2.24, 2.45) is 5.73 Å². The summed E-state index contributed by atoms with van der Waals surface area (Å²) >= 11 is 0. The van der Waals surface area contributed by atoms with Gasteiger partial charge in [0.05, 0.1) is 12.2 Å². The zero-order valence-corrected chi connectivity index (χ0v) is 8.40. The van der Waals surface area contributed by atoms with Gasteiger partial charge in [0, 0.05) is 11.8 Å². The number of nitrogens with two attached hydrogens (primary N) is 1. The number of hydrogen-bond donors (Lipinski definition) is 1. The molecule has 0 aliphatic heterocycles. The molecule has 0 spiro atoms. The number of hydrogen-bond acceptors (Lipinski definition) is 2. The first-order chi connectivity index (χ1) is 7.68. The third-order valence-electron chi connectivity index (χ3n) is 2.33. The molecule has 0 fully saturated rings. The monoisotopic (exact) mass is 220 g/mol. The molecular formula is C12H10F2N2. The topological polar surface area (TPSA) is 38.9 Å². The van der Waals surface area contributed by atoms with Crippen LogP contribution in [0, 0.1) is 11.6 Å². The molecule has 4 heteroatoms. The molecule has 0 radical (unpaired) electrons. The zero-order valence-electron chi connectivity index (χ0n) is 8.40. The maximum Gasteiger partial charge on any atom is 0.141 e. The van der Waals surface area contributed by atoms with Crippen LogP contribution in [0.1, 0.15) is 17.2 Å². The Hall–Kier alpha value is -1.81. The SMILES string of the molecule is NC(c1cncc(F)c1)c1ccccc1F. The van der Waals surface area contributed by atoms with E-state index in [0.717, 1.165) is 6.20 Å². The van der Waals surface area contributed by atoms with Gasteiger partial charge in [-0.3, -0.25) is 4.98 Å². The molecule has 1 unspecified atom stereocenters. The molecule has 0 saturated heterocycles. The van der Waals surface area contributed by atoms with E-state index in [0.29, 0.717) is 11.1 Å². The average Bonchev–Trinajstić information content (AvgIpc) is 2.29. The van der Waals surface area contributed by atoms with Crippen LogP contribution >= 0.6 is 0 Å². The minimum Gasteiger partial charge on any atom is -0.320 e. The van der Waals surface area contributed by atoms with Crippen LogP contribution in [0.25, 0.3) is 0 Å². The van der Waals surface area contributed by atoms with E-state index < -0.39 is 17.7 Å². The van der Waals surface area contributed by atoms with Gasteiger partial charge in [-0.2, -0.15) is 0 Å². The van der Waals surface area contributed by atoms with Gasteiger partial charge in [0.25, 0.3) is 0 Å². The minimum atomic E-state index is -0.704. The first-order valence-corrected chi connectivity index (χ1v) is 4.79. The highest BCUT2D eigenvalue weighted by Crippen LogP contribution is 2.21. The Bertz CT molecular complexity index is 500. The van der Waals surface area contributed by atoms with Gasteiger partial charge in [-0.25, -0.2) is 8.78 Å². The molecule has 0 saturated carbocycles. The van der Waals surface area contributed by atoms with Gasteiger partial charge in [-0.15, -0.1) is 0 Å². The van der Waals surface area contributed by atoms with Crippen LogP contribution in [0.5, 0.6) is 0 Å². The van der Waals surface area contributed by atoms with Gasteiger partial charge in [0.1, 0.15) is 11.6 Å². The standard InChI is InChI=1S/C12H10F2N2/c13-9-5-8(6-16-7-9)12(15)10-3-1-2-4-11(10)14/h1-7,12H,15H2. The Kier molecular flexibility index (Phi) is 2.92. The number of pyridine rings is 1. The van der Waals surface area contributed by atoms with Gasteiger partial charge < -0.3 is 5.73 Å². The van der Waals surface area contributed by atoms with E-state index in [9.17, 15) is 8.78 Å². The average molecular weight is 220 g/mol. The Labute approximate surface area is 91.7 Å². The lowest BCUT2D eigenvalue weighted by Crippen LogP contribution is -2.14. The van der Waals surface area contributed by atoms with Crippen molar-refractivity contribution in [1.82, 2.24) is 4.98 Å². The fourth-order valence-corrected chi connectivity index (χ4v) is 1.51. The molecule has 1 aromatic carbocycles.